The SMILES string of the molecule is COCCN(c1c(F)cccc1CBr)C(C)COC. The van der Waals surface area contributed by atoms with E-state index in [4.69, 9.17) is 9.47 Å². The highest BCUT2D eigenvalue weighted by Crippen LogP contribution is 2.28. The Kier molecular flexibility index (Phi) is 7.34. The molecule has 0 heterocycles. The number of para-hydroxylation sites is 1. The van der Waals surface area contributed by atoms with E-state index < -0.39 is 0 Å². The average molecular weight is 334 g/mol. The Hall–Kier alpha value is -0.650. The molecular weight excluding hydrogens is 313 g/mol. The second-order valence-electron chi connectivity index (χ2n) is 4.37. The molecule has 1 rings (SSSR count). The Morgan fingerprint density at radius 2 is 2.05 bits per heavy atom. The van der Waals surface area contributed by atoms with Crippen molar-refractivity contribution in [2.24, 2.45) is 0 Å². The van der Waals surface area contributed by atoms with Gasteiger partial charge in [-0.25, -0.2) is 4.39 Å². The van der Waals surface area contributed by atoms with Gasteiger partial charge >= 0.3 is 0 Å². The van der Waals surface area contributed by atoms with Gasteiger partial charge in [0, 0.05) is 32.1 Å². The molecule has 0 aliphatic heterocycles. The minimum Gasteiger partial charge on any atom is -0.383 e. The molecule has 0 spiro atoms. The summed E-state index contributed by atoms with van der Waals surface area (Å²) in [5.41, 5.74) is 1.56. The number of halogens is 2. The first-order chi connectivity index (χ1) is 9.15. The lowest BCUT2D eigenvalue weighted by Crippen LogP contribution is -2.39. The quantitative estimate of drug-likeness (QED) is 0.682. The molecule has 0 aliphatic carbocycles. The molecule has 0 bridgehead atoms. The normalized spacial score (nSPS) is 12.5. The minimum atomic E-state index is -0.212. The number of methoxy groups -OCH3 is 2. The van der Waals surface area contributed by atoms with Gasteiger partial charge in [-0.2, -0.15) is 0 Å². The Morgan fingerprint density at radius 3 is 2.63 bits per heavy atom. The molecule has 1 aromatic rings. The summed E-state index contributed by atoms with van der Waals surface area (Å²) in [6, 6.07) is 5.22. The number of hydrogen-bond donors (Lipinski definition) is 0. The maximum atomic E-state index is 14.2. The molecule has 0 amide bonds. The van der Waals surface area contributed by atoms with E-state index in [0.29, 0.717) is 30.8 Å². The van der Waals surface area contributed by atoms with E-state index >= 15 is 0 Å². The molecule has 19 heavy (non-hydrogen) atoms. The molecule has 0 aliphatic rings. The lowest BCUT2D eigenvalue weighted by atomic mass is 10.1. The van der Waals surface area contributed by atoms with Crippen LogP contribution < -0.4 is 4.90 Å². The number of hydrogen-bond acceptors (Lipinski definition) is 3. The second kappa shape index (κ2) is 8.51. The minimum absolute atomic E-state index is 0.0786. The first kappa shape index (κ1) is 16.4. The van der Waals surface area contributed by atoms with Crippen LogP contribution in [0.2, 0.25) is 0 Å². The maximum Gasteiger partial charge on any atom is 0.146 e. The zero-order valence-electron chi connectivity index (χ0n) is 11.7. The number of nitrogens with zero attached hydrogens (tertiary/aromatic N) is 1. The highest BCUT2D eigenvalue weighted by Gasteiger charge is 2.20. The highest BCUT2D eigenvalue weighted by atomic mass is 79.9. The number of rotatable bonds is 8. The third-order valence-electron chi connectivity index (χ3n) is 2.98. The summed E-state index contributed by atoms with van der Waals surface area (Å²) >= 11 is 3.41. The molecule has 0 fully saturated rings. The molecular formula is C14H21BrFNO2. The summed E-state index contributed by atoms with van der Waals surface area (Å²) in [5, 5.41) is 0.614. The Morgan fingerprint density at radius 1 is 1.32 bits per heavy atom. The highest BCUT2D eigenvalue weighted by molar-refractivity contribution is 9.08. The van der Waals surface area contributed by atoms with E-state index in [9.17, 15) is 4.39 Å². The predicted molar refractivity (Wildman–Crippen MR) is 79.6 cm³/mol. The van der Waals surface area contributed by atoms with Crippen LogP contribution in [0.25, 0.3) is 0 Å². The fourth-order valence-electron chi connectivity index (χ4n) is 2.06. The van der Waals surface area contributed by atoms with Crippen molar-refractivity contribution in [2.45, 2.75) is 18.3 Å². The van der Waals surface area contributed by atoms with E-state index in [-0.39, 0.29) is 11.9 Å². The van der Waals surface area contributed by atoms with E-state index in [0.717, 1.165) is 5.56 Å². The second-order valence-corrected chi connectivity index (χ2v) is 4.93. The van der Waals surface area contributed by atoms with E-state index in [1.54, 1.807) is 20.3 Å². The molecule has 1 atom stereocenters. The van der Waals surface area contributed by atoms with Gasteiger partial charge in [0.1, 0.15) is 5.82 Å². The fraction of sp³-hybridized carbons (Fsp3) is 0.571. The van der Waals surface area contributed by atoms with Gasteiger partial charge in [-0.15, -0.1) is 0 Å². The van der Waals surface area contributed by atoms with Crippen LogP contribution in [0.4, 0.5) is 10.1 Å². The lowest BCUT2D eigenvalue weighted by molar-refractivity contribution is 0.170. The van der Waals surface area contributed by atoms with Gasteiger partial charge < -0.3 is 14.4 Å². The van der Waals surface area contributed by atoms with Crippen LogP contribution in [0.5, 0.6) is 0 Å². The maximum absolute atomic E-state index is 14.2. The Bertz CT molecular complexity index is 390. The Balaban J connectivity index is 3.08. The number of alkyl halides is 1. The summed E-state index contributed by atoms with van der Waals surface area (Å²) in [5.74, 6) is -0.212. The molecule has 3 nitrogen and oxygen atoms in total. The Labute approximate surface area is 122 Å². The van der Waals surface area contributed by atoms with Gasteiger partial charge in [-0.05, 0) is 18.6 Å². The van der Waals surface area contributed by atoms with Crippen LogP contribution in [0.3, 0.4) is 0 Å². The number of anilines is 1. The van der Waals surface area contributed by atoms with Crippen LogP contribution in [0.1, 0.15) is 12.5 Å². The van der Waals surface area contributed by atoms with E-state index in [2.05, 4.69) is 15.9 Å². The van der Waals surface area contributed by atoms with Gasteiger partial charge in [0.05, 0.1) is 18.9 Å². The number of benzene rings is 1. The first-order valence-electron chi connectivity index (χ1n) is 6.23. The van der Waals surface area contributed by atoms with Crippen molar-refractivity contribution in [1.82, 2.24) is 0 Å². The van der Waals surface area contributed by atoms with Crippen molar-refractivity contribution in [3.63, 3.8) is 0 Å². The molecule has 0 aromatic heterocycles. The predicted octanol–water partition coefficient (Wildman–Crippen LogP) is 3.21. The molecule has 0 saturated heterocycles. The molecule has 1 unspecified atom stereocenters. The largest absolute Gasteiger partial charge is 0.383 e. The van der Waals surface area contributed by atoms with Crippen molar-refractivity contribution in [1.29, 1.82) is 0 Å². The summed E-state index contributed by atoms with van der Waals surface area (Å²) < 4.78 is 24.5. The van der Waals surface area contributed by atoms with Crippen LogP contribution in [0, 0.1) is 5.82 Å². The van der Waals surface area contributed by atoms with Crippen molar-refractivity contribution in [2.75, 3.05) is 38.9 Å². The molecule has 108 valence electrons. The van der Waals surface area contributed by atoms with E-state index in [1.165, 1.54) is 6.07 Å². The summed E-state index contributed by atoms with van der Waals surface area (Å²) in [6.07, 6.45) is 0. The molecule has 0 saturated carbocycles. The monoisotopic (exact) mass is 333 g/mol. The van der Waals surface area contributed by atoms with Crippen molar-refractivity contribution in [3.8, 4) is 0 Å². The van der Waals surface area contributed by atoms with Gasteiger partial charge in [0.15, 0.2) is 0 Å². The zero-order valence-corrected chi connectivity index (χ0v) is 13.2. The van der Waals surface area contributed by atoms with Crippen molar-refractivity contribution in [3.05, 3.63) is 29.6 Å². The summed E-state index contributed by atoms with van der Waals surface area (Å²) in [6.45, 7) is 3.73. The summed E-state index contributed by atoms with van der Waals surface area (Å²) in [4.78, 5) is 2.00. The standard InChI is InChI=1S/C14H21BrFNO2/c1-11(10-19-3)17(7-8-18-2)14-12(9-15)5-4-6-13(14)16/h4-6,11H,7-10H2,1-3H3. The molecule has 1 aromatic carbocycles. The van der Waals surface area contributed by atoms with Crippen LogP contribution in [-0.4, -0.2) is 40.0 Å². The third kappa shape index (κ3) is 4.44. The van der Waals surface area contributed by atoms with Gasteiger partial charge in [0.25, 0.3) is 0 Å². The van der Waals surface area contributed by atoms with Gasteiger partial charge in [-0.1, -0.05) is 28.1 Å². The van der Waals surface area contributed by atoms with Crippen LogP contribution in [-0.2, 0) is 14.8 Å². The van der Waals surface area contributed by atoms with E-state index in [1.807, 2.05) is 17.9 Å². The number of ether oxygens (including phenoxy) is 2. The molecule has 0 N–H and O–H groups in total. The summed E-state index contributed by atoms with van der Waals surface area (Å²) in [7, 11) is 3.30. The third-order valence-corrected chi connectivity index (χ3v) is 3.58. The smallest absolute Gasteiger partial charge is 0.146 e. The van der Waals surface area contributed by atoms with Crippen molar-refractivity contribution < 1.29 is 13.9 Å². The molecule has 0 radical (unpaired) electrons. The molecule has 5 heteroatoms. The van der Waals surface area contributed by atoms with Crippen molar-refractivity contribution >= 4 is 21.6 Å². The first-order valence-corrected chi connectivity index (χ1v) is 7.35. The fourth-order valence-corrected chi connectivity index (χ4v) is 2.52. The zero-order chi connectivity index (χ0) is 14.3. The topological polar surface area (TPSA) is 21.7 Å². The van der Waals surface area contributed by atoms with Crippen LogP contribution >= 0.6 is 15.9 Å². The van der Waals surface area contributed by atoms with Gasteiger partial charge in [-0.3, -0.25) is 0 Å². The van der Waals surface area contributed by atoms with Gasteiger partial charge in [0.2, 0.25) is 0 Å². The van der Waals surface area contributed by atoms with Crippen LogP contribution in [0.15, 0.2) is 18.2 Å². The lowest BCUT2D eigenvalue weighted by Gasteiger charge is -2.32. The average Bonchev–Trinajstić information content (AvgIpc) is 2.40.